The van der Waals surface area contributed by atoms with Crippen molar-refractivity contribution in [3.63, 3.8) is 0 Å². The molecule has 6 nitrogen and oxygen atoms in total. The van der Waals surface area contributed by atoms with Gasteiger partial charge in [-0.1, -0.05) is 20.8 Å². The summed E-state index contributed by atoms with van der Waals surface area (Å²) in [5, 5.41) is 13.8. The van der Waals surface area contributed by atoms with Crippen molar-refractivity contribution in [1.29, 1.82) is 0 Å². The molecule has 1 fully saturated rings. The topological polar surface area (TPSA) is 75.4 Å². The van der Waals surface area contributed by atoms with Gasteiger partial charge in [-0.25, -0.2) is 0 Å². The first-order valence-electron chi connectivity index (χ1n) is 8.74. The molecule has 1 N–H and O–H groups in total. The molecular weight excluding hydrogens is 306 g/mol. The van der Waals surface area contributed by atoms with E-state index in [1.54, 1.807) is 4.90 Å². The molecule has 24 heavy (non-hydrogen) atoms. The van der Waals surface area contributed by atoms with E-state index in [4.69, 9.17) is 0 Å². The van der Waals surface area contributed by atoms with Crippen molar-refractivity contribution in [2.45, 2.75) is 54.0 Å². The van der Waals surface area contributed by atoms with E-state index in [1.165, 1.54) is 0 Å². The summed E-state index contributed by atoms with van der Waals surface area (Å²) in [6, 6.07) is 0. The van der Waals surface area contributed by atoms with Crippen LogP contribution in [0.25, 0.3) is 0 Å². The minimum absolute atomic E-state index is 0.0173. The molecule has 1 saturated heterocycles. The zero-order valence-electron chi connectivity index (χ0n) is 15.4. The molecule has 134 valence electrons. The SMILES string of the molecule is Cc1nn(CC(C)C)c(C)c1CCC(=O)N1C[C@@H](C)[C@H](C(=O)O)C1. The Morgan fingerprint density at radius 1 is 1.29 bits per heavy atom. The minimum Gasteiger partial charge on any atom is -0.481 e. The summed E-state index contributed by atoms with van der Waals surface area (Å²) >= 11 is 0. The molecule has 1 aromatic heterocycles. The van der Waals surface area contributed by atoms with E-state index in [0.29, 0.717) is 31.8 Å². The first-order chi connectivity index (χ1) is 11.2. The van der Waals surface area contributed by atoms with Crippen LogP contribution >= 0.6 is 0 Å². The lowest BCUT2D eigenvalue weighted by atomic mass is 9.99. The molecule has 2 atom stereocenters. The predicted molar refractivity (Wildman–Crippen MR) is 91.7 cm³/mol. The van der Waals surface area contributed by atoms with E-state index in [2.05, 4.69) is 25.9 Å². The number of nitrogens with zero attached hydrogens (tertiary/aromatic N) is 3. The number of amides is 1. The van der Waals surface area contributed by atoms with Crippen molar-refractivity contribution < 1.29 is 14.7 Å². The normalized spacial score (nSPS) is 20.8. The number of likely N-dealkylation sites (tertiary alicyclic amines) is 1. The molecule has 1 aliphatic rings. The smallest absolute Gasteiger partial charge is 0.308 e. The van der Waals surface area contributed by atoms with Gasteiger partial charge in [0.05, 0.1) is 11.6 Å². The molecule has 0 spiro atoms. The Labute approximate surface area is 143 Å². The van der Waals surface area contributed by atoms with E-state index in [-0.39, 0.29) is 11.8 Å². The van der Waals surface area contributed by atoms with E-state index in [1.807, 2.05) is 18.5 Å². The summed E-state index contributed by atoms with van der Waals surface area (Å²) in [5.41, 5.74) is 3.26. The number of hydrogen-bond acceptors (Lipinski definition) is 3. The van der Waals surface area contributed by atoms with Crippen LogP contribution in [0.5, 0.6) is 0 Å². The lowest BCUT2D eigenvalue weighted by Crippen LogP contribution is -2.30. The Hall–Kier alpha value is -1.85. The van der Waals surface area contributed by atoms with Crippen molar-refractivity contribution in [3.05, 3.63) is 17.0 Å². The maximum absolute atomic E-state index is 12.4. The number of rotatable bonds is 6. The van der Waals surface area contributed by atoms with Crippen LogP contribution < -0.4 is 0 Å². The zero-order chi connectivity index (χ0) is 18.0. The number of carbonyl (C=O) groups is 2. The van der Waals surface area contributed by atoms with Crippen molar-refractivity contribution in [2.24, 2.45) is 17.8 Å². The van der Waals surface area contributed by atoms with Gasteiger partial charge in [-0.2, -0.15) is 5.10 Å². The molecule has 0 bridgehead atoms. The van der Waals surface area contributed by atoms with Crippen LogP contribution in [0.15, 0.2) is 0 Å². The van der Waals surface area contributed by atoms with Crippen LogP contribution in [-0.2, 0) is 22.6 Å². The van der Waals surface area contributed by atoms with Gasteiger partial charge < -0.3 is 10.0 Å². The second-order valence-corrected chi connectivity index (χ2v) is 7.45. The molecule has 1 amide bonds. The number of aromatic nitrogens is 2. The van der Waals surface area contributed by atoms with Crippen LogP contribution in [0.1, 0.15) is 44.1 Å². The van der Waals surface area contributed by atoms with E-state index in [0.717, 1.165) is 23.5 Å². The number of carboxylic acids is 1. The largest absolute Gasteiger partial charge is 0.481 e. The summed E-state index contributed by atoms with van der Waals surface area (Å²) < 4.78 is 2.03. The Balaban J connectivity index is 1.98. The van der Waals surface area contributed by atoms with Crippen LogP contribution in [0, 0.1) is 31.6 Å². The highest BCUT2D eigenvalue weighted by Crippen LogP contribution is 2.24. The van der Waals surface area contributed by atoms with Crippen molar-refractivity contribution in [1.82, 2.24) is 14.7 Å². The molecular formula is C18H29N3O3. The fourth-order valence-electron chi connectivity index (χ4n) is 3.50. The average Bonchev–Trinajstić information content (AvgIpc) is 2.98. The van der Waals surface area contributed by atoms with Gasteiger partial charge in [0, 0.05) is 31.7 Å². The lowest BCUT2D eigenvalue weighted by Gasteiger charge is -2.16. The van der Waals surface area contributed by atoms with E-state index in [9.17, 15) is 14.7 Å². The zero-order valence-corrected chi connectivity index (χ0v) is 15.4. The van der Waals surface area contributed by atoms with Gasteiger partial charge in [0.1, 0.15) is 0 Å². The molecule has 2 heterocycles. The van der Waals surface area contributed by atoms with Gasteiger partial charge in [0.15, 0.2) is 0 Å². The first-order valence-corrected chi connectivity index (χ1v) is 8.74. The highest BCUT2D eigenvalue weighted by atomic mass is 16.4. The molecule has 0 aliphatic carbocycles. The highest BCUT2D eigenvalue weighted by molar-refractivity contribution is 5.79. The molecule has 0 saturated carbocycles. The van der Waals surface area contributed by atoms with Gasteiger partial charge in [-0.3, -0.25) is 14.3 Å². The molecule has 0 aromatic carbocycles. The number of aryl methyl sites for hydroxylation is 1. The van der Waals surface area contributed by atoms with E-state index >= 15 is 0 Å². The maximum atomic E-state index is 12.4. The fraction of sp³-hybridized carbons (Fsp3) is 0.722. The second kappa shape index (κ2) is 7.36. The van der Waals surface area contributed by atoms with Gasteiger partial charge in [0.2, 0.25) is 5.91 Å². The van der Waals surface area contributed by atoms with Crippen LogP contribution in [0.4, 0.5) is 0 Å². The number of hydrogen-bond donors (Lipinski definition) is 1. The van der Waals surface area contributed by atoms with Gasteiger partial charge in [-0.05, 0) is 37.7 Å². The first kappa shape index (κ1) is 18.5. The predicted octanol–water partition coefficient (Wildman–Crippen LogP) is 2.27. The van der Waals surface area contributed by atoms with Crippen LogP contribution in [0.3, 0.4) is 0 Å². The van der Waals surface area contributed by atoms with E-state index < -0.39 is 11.9 Å². The Bertz CT molecular complexity index is 621. The molecule has 1 aliphatic heterocycles. The Kier molecular flexibility index (Phi) is 5.67. The monoisotopic (exact) mass is 335 g/mol. The van der Waals surface area contributed by atoms with Crippen molar-refractivity contribution in [3.8, 4) is 0 Å². The summed E-state index contributed by atoms with van der Waals surface area (Å²) in [6.45, 7) is 12.0. The standard InChI is InChI=1S/C18H29N3O3/c1-11(2)8-21-14(5)15(13(4)19-21)6-7-17(22)20-9-12(3)16(10-20)18(23)24/h11-12,16H,6-10H2,1-5H3,(H,23,24)/t12-,16-/m1/s1. The summed E-state index contributed by atoms with van der Waals surface area (Å²) in [6.07, 6.45) is 1.07. The number of carbonyl (C=O) groups excluding carboxylic acids is 1. The van der Waals surface area contributed by atoms with Crippen LogP contribution in [-0.4, -0.2) is 44.8 Å². The third-order valence-electron chi connectivity index (χ3n) is 4.94. The molecule has 1 aromatic rings. The Morgan fingerprint density at radius 3 is 2.50 bits per heavy atom. The highest BCUT2D eigenvalue weighted by Gasteiger charge is 2.36. The van der Waals surface area contributed by atoms with Crippen molar-refractivity contribution >= 4 is 11.9 Å². The summed E-state index contributed by atoms with van der Waals surface area (Å²) in [4.78, 5) is 25.3. The van der Waals surface area contributed by atoms with Gasteiger partial charge in [0.25, 0.3) is 0 Å². The van der Waals surface area contributed by atoms with Gasteiger partial charge in [-0.15, -0.1) is 0 Å². The second-order valence-electron chi connectivity index (χ2n) is 7.45. The summed E-state index contributed by atoms with van der Waals surface area (Å²) in [7, 11) is 0. The summed E-state index contributed by atoms with van der Waals surface area (Å²) in [5.74, 6) is -0.660. The lowest BCUT2D eigenvalue weighted by molar-refractivity contribution is -0.142. The third kappa shape index (κ3) is 3.97. The third-order valence-corrected chi connectivity index (χ3v) is 4.94. The molecule has 0 radical (unpaired) electrons. The quantitative estimate of drug-likeness (QED) is 0.865. The van der Waals surface area contributed by atoms with Crippen molar-refractivity contribution in [2.75, 3.05) is 13.1 Å². The van der Waals surface area contributed by atoms with Gasteiger partial charge >= 0.3 is 5.97 Å². The average molecular weight is 335 g/mol. The van der Waals surface area contributed by atoms with Crippen LogP contribution in [0.2, 0.25) is 0 Å². The Morgan fingerprint density at radius 2 is 1.96 bits per heavy atom. The molecule has 2 rings (SSSR count). The molecule has 0 unspecified atom stereocenters. The fourth-order valence-corrected chi connectivity index (χ4v) is 3.50. The molecule has 6 heteroatoms. The number of aliphatic carboxylic acids is 1. The minimum atomic E-state index is -0.806. The maximum Gasteiger partial charge on any atom is 0.308 e. The number of carboxylic acid groups (broad SMARTS) is 1.